The Morgan fingerprint density at radius 3 is 2.81 bits per heavy atom. The van der Waals surface area contributed by atoms with Crippen LogP contribution in [0.4, 0.5) is 9.80 Å². The first kappa shape index (κ1) is 11.9. The van der Waals surface area contributed by atoms with Gasteiger partial charge in [-0.15, -0.1) is 11.3 Å². The van der Waals surface area contributed by atoms with Gasteiger partial charge < -0.3 is 10.2 Å². The molecule has 2 amide bonds. The minimum Gasteiger partial charge on any atom is -0.322 e. The molecule has 0 aromatic carbocycles. The molecule has 2 rings (SSSR count). The highest BCUT2D eigenvalue weighted by molar-refractivity contribution is 9.10. The second kappa shape index (κ2) is 5.16. The van der Waals surface area contributed by atoms with Crippen LogP contribution in [0.5, 0.6) is 0 Å². The molecular formula is C10H14BrN3OS. The molecule has 0 radical (unpaired) electrons. The second-order valence-electron chi connectivity index (χ2n) is 3.68. The van der Waals surface area contributed by atoms with Crippen molar-refractivity contribution in [2.75, 3.05) is 38.1 Å². The van der Waals surface area contributed by atoms with Crippen molar-refractivity contribution < 1.29 is 4.79 Å². The van der Waals surface area contributed by atoms with Gasteiger partial charge >= 0.3 is 6.03 Å². The lowest BCUT2D eigenvalue weighted by molar-refractivity contribution is 0.198. The number of urea groups is 1. The van der Waals surface area contributed by atoms with E-state index in [0.717, 1.165) is 35.7 Å². The fourth-order valence-electron chi connectivity index (χ4n) is 1.64. The van der Waals surface area contributed by atoms with Crippen LogP contribution >= 0.6 is 27.3 Å². The van der Waals surface area contributed by atoms with Crippen LogP contribution in [-0.2, 0) is 0 Å². The largest absolute Gasteiger partial charge is 0.324 e. The predicted octanol–water partition coefficient (Wildman–Crippen LogP) is 1.97. The van der Waals surface area contributed by atoms with Gasteiger partial charge in [-0.3, -0.25) is 4.90 Å². The summed E-state index contributed by atoms with van der Waals surface area (Å²) in [6, 6.07) is 2.04. The maximum Gasteiger partial charge on any atom is 0.324 e. The van der Waals surface area contributed by atoms with Crippen molar-refractivity contribution in [3.05, 3.63) is 15.9 Å². The van der Waals surface area contributed by atoms with E-state index in [0.29, 0.717) is 0 Å². The Balaban J connectivity index is 2.03. The molecule has 1 aromatic heterocycles. The molecule has 16 heavy (non-hydrogen) atoms. The molecular weight excluding hydrogens is 290 g/mol. The molecule has 0 unspecified atom stereocenters. The van der Waals surface area contributed by atoms with E-state index in [4.69, 9.17) is 0 Å². The third kappa shape index (κ3) is 2.56. The first-order valence-corrected chi connectivity index (χ1v) is 6.83. The summed E-state index contributed by atoms with van der Waals surface area (Å²) in [6.45, 7) is 3.34. The standard InChI is InChI=1S/C10H14BrN3OS/c1-13(9-6-8(11)7-16-9)10(15)14-4-2-12-3-5-14/h6-7,12H,2-5H2,1H3. The fraction of sp³-hybridized carbons (Fsp3) is 0.500. The van der Waals surface area contributed by atoms with E-state index in [1.54, 1.807) is 16.2 Å². The number of nitrogens with zero attached hydrogens (tertiary/aromatic N) is 2. The summed E-state index contributed by atoms with van der Waals surface area (Å²) in [4.78, 5) is 15.7. The molecule has 2 heterocycles. The number of nitrogens with one attached hydrogen (secondary N) is 1. The summed E-state index contributed by atoms with van der Waals surface area (Å²) in [6.07, 6.45) is 0. The van der Waals surface area contributed by atoms with Crippen LogP contribution < -0.4 is 10.2 Å². The third-order valence-corrected chi connectivity index (χ3v) is 4.32. The van der Waals surface area contributed by atoms with Crippen molar-refractivity contribution in [2.45, 2.75) is 0 Å². The van der Waals surface area contributed by atoms with Gasteiger partial charge in [0.1, 0.15) is 0 Å². The van der Waals surface area contributed by atoms with Crippen molar-refractivity contribution in [3.8, 4) is 0 Å². The Bertz CT molecular complexity index is 376. The Labute approximate surface area is 107 Å². The summed E-state index contributed by atoms with van der Waals surface area (Å²) >= 11 is 4.96. The lowest BCUT2D eigenvalue weighted by atomic mass is 10.4. The number of carbonyl (C=O) groups is 1. The SMILES string of the molecule is CN(C(=O)N1CCNCC1)c1cc(Br)cs1. The average Bonchev–Trinajstić information content (AvgIpc) is 2.75. The molecule has 0 spiro atoms. The van der Waals surface area contributed by atoms with Gasteiger partial charge in [-0.2, -0.15) is 0 Å². The van der Waals surface area contributed by atoms with Gasteiger partial charge in [0.2, 0.25) is 0 Å². The quantitative estimate of drug-likeness (QED) is 0.861. The second-order valence-corrected chi connectivity index (χ2v) is 5.49. The fourth-order valence-corrected chi connectivity index (χ4v) is 3.02. The first-order valence-electron chi connectivity index (χ1n) is 5.16. The van der Waals surface area contributed by atoms with Crippen molar-refractivity contribution >= 4 is 38.3 Å². The Kier molecular flexibility index (Phi) is 3.83. The highest BCUT2D eigenvalue weighted by Crippen LogP contribution is 2.27. The molecule has 0 saturated carbocycles. The Morgan fingerprint density at radius 2 is 2.25 bits per heavy atom. The van der Waals surface area contributed by atoms with E-state index >= 15 is 0 Å². The van der Waals surface area contributed by atoms with Crippen molar-refractivity contribution in [1.82, 2.24) is 10.2 Å². The van der Waals surface area contributed by atoms with E-state index in [9.17, 15) is 4.79 Å². The predicted molar refractivity (Wildman–Crippen MR) is 70.3 cm³/mol. The van der Waals surface area contributed by atoms with Crippen LogP contribution in [0.1, 0.15) is 0 Å². The minimum atomic E-state index is 0.0795. The van der Waals surface area contributed by atoms with Crippen LogP contribution in [-0.4, -0.2) is 44.2 Å². The maximum absolute atomic E-state index is 12.1. The van der Waals surface area contributed by atoms with Gasteiger partial charge in [0.15, 0.2) is 0 Å². The number of carbonyl (C=O) groups excluding carboxylic acids is 1. The molecule has 0 atom stereocenters. The van der Waals surface area contributed by atoms with E-state index in [1.807, 2.05) is 23.4 Å². The normalized spacial score (nSPS) is 16.2. The molecule has 88 valence electrons. The minimum absolute atomic E-state index is 0.0795. The number of rotatable bonds is 1. The number of hydrogen-bond donors (Lipinski definition) is 1. The van der Waals surface area contributed by atoms with Crippen LogP contribution in [0.3, 0.4) is 0 Å². The molecule has 1 saturated heterocycles. The van der Waals surface area contributed by atoms with Crippen LogP contribution in [0.25, 0.3) is 0 Å². The van der Waals surface area contributed by atoms with Gasteiger partial charge in [0, 0.05) is 43.1 Å². The number of halogens is 1. The lowest BCUT2D eigenvalue weighted by Gasteiger charge is -2.30. The van der Waals surface area contributed by atoms with E-state index in [1.165, 1.54) is 0 Å². The van der Waals surface area contributed by atoms with Gasteiger partial charge in [0.05, 0.1) is 5.00 Å². The van der Waals surface area contributed by atoms with Crippen molar-refractivity contribution in [3.63, 3.8) is 0 Å². The van der Waals surface area contributed by atoms with Gasteiger partial charge in [-0.1, -0.05) is 0 Å². The molecule has 1 fully saturated rings. The zero-order valence-corrected chi connectivity index (χ0v) is 11.5. The third-order valence-electron chi connectivity index (χ3n) is 2.56. The summed E-state index contributed by atoms with van der Waals surface area (Å²) in [7, 11) is 1.82. The van der Waals surface area contributed by atoms with Crippen molar-refractivity contribution in [1.29, 1.82) is 0 Å². The summed E-state index contributed by atoms with van der Waals surface area (Å²) in [5.41, 5.74) is 0. The molecule has 1 aromatic rings. The molecule has 1 N–H and O–H groups in total. The van der Waals surface area contributed by atoms with Crippen LogP contribution in [0.2, 0.25) is 0 Å². The van der Waals surface area contributed by atoms with Crippen LogP contribution in [0, 0.1) is 0 Å². The molecule has 6 heteroatoms. The molecule has 1 aliphatic heterocycles. The zero-order chi connectivity index (χ0) is 11.5. The van der Waals surface area contributed by atoms with Gasteiger partial charge in [-0.05, 0) is 22.0 Å². The average molecular weight is 304 g/mol. The molecule has 0 bridgehead atoms. The van der Waals surface area contributed by atoms with E-state index in [2.05, 4.69) is 21.2 Å². The molecule has 0 aliphatic carbocycles. The van der Waals surface area contributed by atoms with E-state index < -0.39 is 0 Å². The molecule has 4 nitrogen and oxygen atoms in total. The smallest absolute Gasteiger partial charge is 0.322 e. The number of anilines is 1. The highest BCUT2D eigenvalue weighted by atomic mass is 79.9. The summed E-state index contributed by atoms with van der Waals surface area (Å²) in [5.74, 6) is 0. The Hall–Kier alpha value is -0.590. The number of amides is 2. The van der Waals surface area contributed by atoms with Gasteiger partial charge in [0.25, 0.3) is 0 Å². The molecule has 1 aliphatic rings. The number of piperazine rings is 1. The first-order chi connectivity index (χ1) is 7.68. The summed E-state index contributed by atoms with van der Waals surface area (Å²) < 4.78 is 1.02. The summed E-state index contributed by atoms with van der Waals surface area (Å²) in [5, 5.41) is 6.19. The van der Waals surface area contributed by atoms with E-state index in [-0.39, 0.29) is 6.03 Å². The zero-order valence-electron chi connectivity index (χ0n) is 9.07. The lowest BCUT2D eigenvalue weighted by Crippen LogP contribution is -2.50. The monoisotopic (exact) mass is 303 g/mol. The highest BCUT2D eigenvalue weighted by Gasteiger charge is 2.21. The number of hydrogen-bond acceptors (Lipinski definition) is 3. The maximum atomic E-state index is 12.1. The van der Waals surface area contributed by atoms with Crippen LogP contribution in [0.15, 0.2) is 15.9 Å². The Morgan fingerprint density at radius 1 is 1.56 bits per heavy atom. The topological polar surface area (TPSA) is 35.6 Å². The van der Waals surface area contributed by atoms with Crippen molar-refractivity contribution in [2.24, 2.45) is 0 Å². The van der Waals surface area contributed by atoms with Gasteiger partial charge in [-0.25, -0.2) is 4.79 Å². The number of thiophene rings is 1.